The largest absolute Gasteiger partial charge is 0.377 e. The molecule has 3 heteroatoms. The van der Waals surface area contributed by atoms with E-state index in [1.807, 2.05) is 0 Å². The van der Waals surface area contributed by atoms with E-state index in [0.29, 0.717) is 6.10 Å². The topological polar surface area (TPSA) is 15.7 Å². The molecule has 0 N–H and O–H groups in total. The van der Waals surface area contributed by atoms with Crippen LogP contribution in [-0.4, -0.2) is 60.8 Å². The smallest absolute Gasteiger partial charge is 0.0702 e. The zero-order chi connectivity index (χ0) is 13.9. The highest BCUT2D eigenvalue weighted by atomic mass is 16.5. The van der Waals surface area contributed by atoms with Crippen molar-refractivity contribution in [1.29, 1.82) is 0 Å². The first kappa shape index (κ1) is 14.8. The Kier molecular flexibility index (Phi) is 5.00. The minimum absolute atomic E-state index is 0.500. The molecule has 3 rings (SSSR count). The minimum Gasteiger partial charge on any atom is -0.377 e. The molecule has 0 aliphatic carbocycles. The van der Waals surface area contributed by atoms with Crippen molar-refractivity contribution >= 4 is 0 Å². The van der Waals surface area contributed by atoms with Gasteiger partial charge in [-0.25, -0.2) is 0 Å². The molecule has 20 heavy (non-hydrogen) atoms. The van der Waals surface area contributed by atoms with Crippen molar-refractivity contribution in [3.8, 4) is 0 Å². The van der Waals surface area contributed by atoms with Crippen LogP contribution in [0.3, 0.4) is 0 Å². The molecule has 3 nitrogen and oxygen atoms in total. The van der Waals surface area contributed by atoms with Crippen LogP contribution in [0.1, 0.15) is 52.4 Å². The molecule has 0 amide bonds. The lowest BCUT2D eigenvalue weighted by atomic mass is 9.91. The predicted molar refractivity (Wildman–Crippen MR) is 83.0 cm³/mol. The second-order valence-corrected chi connectivity index (χ2v) is 7.40. The van der Waals surface area contributed by atoms with Crippen LogP contribution < -0.4 is 0 Å². The molecule has 3 aliphatic heterocycles. The lowest BCUT2D eigenvalue weighted by Crippen LogP contribution is -2.62. The molecule has 0 bridgehead atoms. The predicted octanol–water partition coefficient (Wildman–Crippen LogP) is 2.75. The van der Waals surface area contributed by atoms with Gasteiger partial charge >= 0.3 is 0 Å². The van der Waals surface area contributed by atoms with Crippen molar-refractivity contribution in [3.63, 3.8) is 0 Å². The Labute approximate surface area is 124 Å². The standard InChI is InChI=1S/C17H32N2O/c1-14(2)17-13-18-9-5-3-7-15(18)11-19(17)12-16-8-4-6-10-20-16/h14-17H,3-13H2,1-2H3. The molecule has 3 fully saturated rings. The summed E-state index contributed by atoms with van der Waals surface area (Å²) >= 11 is 0. The van der Waals surface area contributed by atoms with Crippen LogP contribution >= 0.6 is 0 Å². The average Bonchev–Trinajstić information content (AvgIpc) is 2.47. The van der Waals surface area contributed by atoms with Crippen LogP contribution in [0.5, 0.6) is 0 Å². The summed E-state index contributed by atoms with van der Waals surface area (Å²) in [5, 5.41) is 0. The van der Waals surface area contributed by atoms with Gasteiger partial charge in [0.2, 0.25) is 0 Å². The maximum atomic E-state index is 5.99. The molecule has 3 aliphatic rings. The van der Waals surface area contributed by atoms with E-state index in [1.54, 1.807) is 0 Å². The monoisotopic (exact) mass is 280 g/mol. The SMILES string of the molecule is CC(C)C1CN2CCCCC2CN1CC1CCCCO1. The van der Waals surface area contributed by atoms with Crippen LogP contribution in [0.15, 0.2) is 0 Å². The molecular weight excluding hydrogens is 248 g/mol. The number of hydrogen-bond donors (Lipinski definition) is 0. The van der Waals surface area contributed by atoms with E-state index < -0.39 is 0 Å². The van der Waals surface area contributed by atoms with Gasteiger partial charge in [-0.15, -0.1) is 0 Å². The zero-order valence-corrected chi connectivity index (χ0v) is 13.4. The maximum absolute atomic E-state index is 5.99. The van der Waals surface area contributed by atoms with Crippen LogP contribution in [-0.2, 0) is 4.74 Å². The van der Waals surface area contributed by atoms with Gasteiger partial charge in [-0.05, 0) is 44.6 Å². The van der Waals surface area contributed by atoms with E-state index in [0.717, 1.165) is 24.6 Å². The van der Waals surface area contributed by atoms with Gasteiger partial charge in [0.05, 0.1) is 6.10 Å². The van der Waals surface area contributed by atoms with Crippen molar-refractivity contribution in [2.24, 2.45) is 5.92 Å². The summed E-state index contributed by atoms with van der Waals surface area (Å²) in [6.07, 6.45) is 8.65. The molecule has 0 spiro atoms. The van der Waals surface area contributed by atoms with Gasteiger partial charge in [-0.2, -0.15) is 0 Å². The quantitative estimate of drug-likeness (QED) is 0.790. The molecule has 116 valence electrons. The van der Waals surface area contributed by atoms with Gasteiger partial charge in [0.1, 0.15) is 0 Å². The summed E-state index contributed by atoms with van der Waals surface area (Å²) < 4.78 is 5.99. The Morgan fingerprint density at radius 1 is 1.05 bits per heavy atom. The van der Waals surface area contributed by atoms with E-state index in [4.69, 9.17) is 4.74 Å². The van der Waals surface area contributed by atoms with E-state index in [-0.39, 0.29) is 0 Å². The van der Waals surface area contributed by atoms with E-state index in [2.05, 4.69) is 23.6 Å². The van der Waals surface area contributed by atoms with Crippen molar-refractivity contribution < 1.29 is 4.74 Å². The van der Waals surface area contributed by atoms with E-state index >= 15 is 0 Å². The first-order valence-electron chi connectivity index (χ1n) is 8.83. The zero-order valence-electron chi connectivity index (χ0n) is 13.4. The summed E-state index contributed by atoms with van der Waals surface area (Å²) in [6.45, 7) is 10.8. The highest BCUT2D eigenvalue weighted by molar-refractivity contribution is 4.92. The van der Waals surface area contributed by atoms with Gasteiger partial charge in [0.15, 0.2) is 0 Å². The molecule has 3 saturated heterocycles. The van der Waals surface area contributed by atoms with Crippen LogP contribution in [0.4, 0.5) is 0 Å². The molecule has 0 radical (unpaired) electrons. The van der Waals surface area contributed by atoms with E-state index in [1.165, 1.54) is 64.7 Å². The Hall–Kier alpha value is -0.120. The molecule has 0 aromatic rings. The van der Waals surface area contributed by atoms with Gasteiger partial charge < -0.3 is 4.74 Å². The van der Waals surface area contributed by atoms with E-state index in [9.17, 15) is 0 Å². The van der Waals surface area contributed by atoms with Crippen molar-refractivity contribution in [1.82, 2.24) is 9.80 Å². The van der Waals surface area contributed by atoms with Crippen molar-refractivity contribution in [3.05, 3.63) is 0 Å². The normalized spacial score (nSPS) is 37.0. The number of piperidine rings is 1. The molecule has 3 unspecified atom stereocenters. The number of ether oxygens (including phenoxy) is 1. The maximum Gasteiger partial charge on any atom is 0.0702 e. The average molecular weight is 280 g/mol. The Bertz CT molecular complexity index is 299. The summed E-state index contributed by atoms with van der Waals surface area (Å²) in [5.74, 6) is 0.751. The third-order valence-corrected chi connectivity index (χ3v) is 5.57. The Morgan fingerprint density at radius 3 is 2.65 bits per heavy atom. The lowest BCUT2D eigenvalue weighted by Gasteiger charge is -2.50. The molecule has 3 atom stereocenters. The summed E-state index contributed by atoms with van der Waals surface area (Å²) in [7, 11) is 0. The highest BCUT2D eigenvalue weighted by Gasteiger charge is 2.37. The lowest BCUT2D eigenvalue weighted by molar-refractivity contribution is -0.0560. The first-order valence-corrected chi connectivity index (χ1v) is 8.83. The second kappa shape index (κ2) is 6.76. The molecular formula is C17H32N2O. The van der Waals surface area contributed by atoms with Crippen molar-refractivity contribution in [2.75, 3.05) is 32.8 Å². The molecule has 0 aromatic carbocycles. The Morgan fingerprint density at radius 2 is 1.90 bits per heavy atom. The number of piperazine rings is 1. The van der Waals surface area contributed by atoms with Crippen LogP contribution in [0.2, 0.25) is 0 Å². The van der Waals surface area contributed by atoms with Gasteiger partial charge in [-0.1, -0.05) is 20.3 Å². The molecule has 0 saturated carbocycles. The summed E-state index contributed by atoms with van der Waals surface area (Å²) in [6, 6.07) is 1.55. The number of hydrogen-bond acceptors (Lipinski definition) is 3. The summed E-state index contributed by atoms with van der Waals surface area (Å²) in [4.78, 5) is 5.54. The molecule has 3 heterocycles. The fraction of sp³-hybridized carbons (Fsp3) is 1.00. The fourth-order valence-corrected chi connectivity index (χ4v) is 4.32. The third-order valence-electron chi connectivity index (χ3n) is 5.57. The number of fused-ring (bicyclic) bond motifs is 1. The van der Waals surface area contributed by atoms with Crippen LogP contribution in [0, 0.1) is 5.92 Å². The second-order valence-electron chi connectivity index (χ2n) is 7.40. The number of rotatable bonds is 3. The molecule has 0 aromatic heterocycles. The Balaban J connectivity index is 1.62. The van der Waals surface area contributed by atoms with Gasteiger partial charge in [0, 0.05) is 38.3 Å². The first-order chi connectivity index (χ1) is 9.74. The highest BCUT2D eigenvalue weighted by Crippen LogP contribution is 2.28. The van der Waals surface area contributed by atoms with Crippen LogP contribution in [0.25, 0.3) is 0 Å². The van der Waals surface area contributed by atoms with Gasteiger partial charge in [-0.3, -0.25) is 9.80 Å². The summed E-state index contributed by atoms with van der Waals surface area (Å²) in [5.41, 5.74) is 0. The van der Waals surface area contributed by atoms with Gasteiger partial charge in [0.25, 0.3) is 0 Å². The number of nitrogens with zero attached hydrogens (tertiary/aromatic N) is 2. The third kappa shape index (κ3) is 3.37. The van der Waals surface area contributed by atoms with Crippen molar-refractivity contribution in [2.45, 2.75) is 70.6 Å². The fourth-order valence-electron chi connectivity index (χ4n) is 4.32. The minimum atomic E-state index is 0.500.